The fourth-order valence-corrected chi connectivity index (χ4v) is 8.39. The summed E-state index contributed by atoms with van der Waals surface area (Å²) in [7, 11) is 0. The quantitative estimate of drug-likeness (QED) is 0.488. The van der Waals surface area contributed by atoms with Crippen LogP contribution in [0.3, 0.4) is 0 Å². The van der Waals surface area contributed by atoms with Gasteiger partial charge in [0.15, 0.2) is 4.96 Å². The van der Waals surface area contributed by atoms with E-state index in [4.69, 9.17) is 4.98 Å². The molecule has 0 N–H and O–H groups in total. The van der Waals surface area contributed by atoms with Crippen LogP contribution in [0.1, 0.15) is 60.4 Å². The molecular formula is C22H26N2S2. The Morgan fingerprint density at radius 3 is 2.88 bits per heavy atom. The SMILES string of the molecule is Cc1cc(-c2csc3nc(C45CC6CCCC(C4)C(C6)C5)cn23)c(C)s1. The Morgan fingerprint density at radius 1 is 1.15 bits per heavy atom. The molecule has 3 bridgehead atoms. The van der Waals surface area contributed by atoms with E-state index in [0.29, 0.717) is 5.41 Å². The maximum absolute atomic E-state index is 5.20. The largest absolute Gasteiger partial charge is 0.290 e. The molecule has 4 atom stereocenters. The maximum atomic E-state index is 5.20. The van der Waals surface area contributed by atoms with E-state index < -0.39 is 0 Å². The van der Waals surface area contributed by atoms with Crippen molar-refractivity contribution < 1.29 is 0 Å². The summed E-state index contributed by atoms with van der Waals surface area (Å²) in [5.74, 6) is 2.92. The molecule has 3 saturated carbocycles. The van der Waals surface area contributed by atoms with E-state index in [1.165, 1.54) is 76.6 Å². The van der Waals surface area contributed by atoms with Crippen LogP contribution in [0.4, 0.5) is 0 Å². The monoisotopic (exact) mass is 382 g/mol. The van der Waals surface area contributed by atoms with Crippen LogP contribution in [0.15, 0.2) is 17.6 Å². The number of thiazole rings is 1. The van der Waals surface area contributed by atoms with E-state index in [2.05, 4.69) is 35.9 Å². The van der Waals surface area contributed by atoms with E-state index in [9.17, 15) is 0 Å². The van der Waals surface area contributed by atoms with Crippen molar-refractivity contribution in [3.05, 3.63) is 33.1 Å². The molecular weight excluding hydrogens is 356 g/mol. The van der Waals surface area contributed by atoms with Gasteiger partial charge in [0.05, 0.1) is 11.4 Å². The fraction of sp³-hybridized carbons (Fsp3) is 0.591. The third-order valence-corrected chi connectivity index (χ3v) is 9.35. The Balaban J connectivity index is 1.45. The van der Waals surface area contributed by atoms with Gasteiger partial charge in [-0.25, -0.2) is 4.98 Å². The Labute approximate surface area is 163 Å². The molecule has 0 aromatic carbocycles. The van der Waals surface area contributed by atoms with E-state index in [1.807, 2.05) is 22.7 Å². The molecule has 0 radical (unpaired) electrons. The van der Waals surface area contributed by atoms with Crippen molar-refractivity contribution >= 4 is 27.6 Å². The van der Waals surface area contributed by atoms with Gasteiger partial charge < -0.3 is 0 Å². The van der Waals surface area contributed by atoms with Gasteiger partial charge in [-0.05, 0) is 63.4 Å². The van der Waals surface area contributed by atoms with Crippen molar-refractivity contribution in [1.29, 1.82) is 0 Å². The Kier molecular flexibility index (Phi) is 3.33. The van der Waals surface area contributed by atoms with E-state index in [-0.39, 0.29) is 0 Å². The minimum Gasteiger partial charge on any atom is -0.290 e. The van der Waals surface area contributed by atoms with Crippen LogP contribution in [0.5, 0.6) is 0 Å². The average Bonchev–Trinajstić information content (AvgIpc) is 3.29. The van der Waals surface area contributed by atoms with E-state index >= 15 is 0 Å². The molecule has 0 amide bonds. The molecule has 4 unspecified atom stereocenters. The van der Waals surface area contributed by atoms with Crippen molar-refractivity contribution in [1.82, 2.24) is 9.38 Å². The summed E-state index contributed by atoms with van der Waals surface area (Å²) >= 11 is 3.72. The zero-order valence-corrected chi connectivity index (χ0v) is 17.3. The lowest BCUT2D eigenvalue weighted by atomic mass is 9.68. The topological polar surface area (TPSA) is 17.3 Å². The van der Waals surface area contributed by atoms with Crippen LogP contribution < -0.4 is 0 Å². The summed E-state index contributed by atoms with van der Waals surface area (Å²) in [5.41, 5.74) is 4.54. The van der Waals surface area contributed by atoms with Gasteiger partial charge in [-0.15, -0.1) is 22.7 Å². The molecule has 0 saturated heterocycles. The van der Waals surface area contributed by atoms with Crippen molar-refractivity contribution in [2.45, 2.75) is 64.2 Å². The van der Waals surface area contributed by atoms with Gasteiger partial charge in [0.2, 0.25) is 0 Å². The highest BCUT2D eigenvalue weighted by Crippen LogP contribution is 2.60. The zero-order valence-electron chi connectivity index (χ0n) is 15.6. The first-order valence-electron chi connectivity index (χ1n) is 10.2. The van der Waals surface area contributed by atoms with E-state index in [0.717, 1.165) is 17.8 Å². The van der Waals surface area contributed by atoms with Crippen LogP contribution in [-0.2, 0) is 5.41 Å². The van der Waals surface area contributed by atoms with Crippen LogP contribution >= 0.6 is 22.7 Å². The summed E-state index contributed by atoms with van der Waals surface area (Å²) in [4.78, 5) is 9.21. The smallest absolute Gasteiger partial charge is 0.194 e. The molecule has 3 aromatic heterocycles. The van der Waals surface area contributed by atoms with Gasteiger partial charge in [0, 0.05) is 32.3 Å². The summed E-state index contributed by atoms with van der Waals surface area (Å²) < 4.78 is 2.39. The number of thiophene rings is 1. The summed E-state index contributed by atoms with van der Waals surface area (Å²) in [6.45, 7) is 4.46. The summed E-state index contributed by atoms with van der Waals surface area (Å²) in [6, 6.07) is 2.34. The van der Waals surface area contributed by atoms with Crippen molar-refractivity contribution in [3.63, 3.8) is 0 Å². The van der Waals surface area contributed by atoms with E-state index in [1.54, 1.807) is 0 Å². The first-order chi connectivity index (χ1) is 12.6. The van der Waals surface area contributed by atoms with Gasteiger partial charge in [-0.1, -0.05) is 19.3 Å². The number of aromatic nitrogens is 2. The number of rotatable bonds is 2. The lowest BCUT2D eigenvalue weighted by Crippen LogP contribution is -2.31. The zero-order chi connectivity index (χ0) is 17.5. The predicted octanol–water partition coefficient (Wildman–Crippen LogP) is 6.60. The number of fused-ring (bicyclic) bond motifs is 3. The first-order valence-corrected chi connectivity index (χ1v) is 11.9. The standard InChI is InChI=1S/C22H26N2S2/c1-13-6-18(14(2)26-13)19-12-25-21-23-20(11-24(19)21)22-8-15-4-3-5-16(9-22)17(7-15)10-22/h6,11-12,15-17H,3-5,7-10H2,1-2H3. The van der Waals surface area contributed by atoms with Gasteiger partial charge >= 0.3 is 0 Å². The van der Waals surface area contributed by atoms with Crippen LogP contribution in [0.25, 0.3) is 16.2 Å². The molecule has 3 heterocycles. The molecule has 136 valence electrons. The van der Waals surface area contributed by atoms with Crippen molar-refractivity contribution in [2.75, 3.05) is 0 Å². The second kappa shape index (κ2) is 5.45. The highest BCUT2D eigenvalue weighted by Gasteiger charge is 2.53. The molecule has 3 aliphatic rings. The Morgan fingerprint density at radius 2 is 2.04 bits per heavy atom. The van der Waals surface area contributed by atoms with Crippen molar-refractivity contribution in [3.8, 4) is 11.3 Å². The fourth-order valence-electron chi connectivity index (χ4n) is 6.59. The minimum absolute atomic E-state index is 0.390. The van der Waals surface area contributed by atoms with Gasteiger partial charge in [-0.3, -0.25) is 4.40 Å². The molecule has 2 nitrogen and oxygen atoms in total. The molecule has 26 heavy (non-hydrogen) atoms. The van der Waals surface area contributed by atoms with Crippen LogP contribution in [-0.4, -0.2) is 9.38 Å². The van der Waals surface area contributed by atoms with Gasteiger partial charge in [-0.2, -0.15) is 0 Å². The first kappa shape index (κ1) is 15.9. The second-order valence-electron chi connectivity index (χ2n) is 9.17. The van der Waals surface area contributed by atoms with Gasteiger partial charge in [0.25, 0.3) is 0 Å². The molecule has 3 aromatic rings. The Bertz CT molecular complexity index is 989. The number of hydrogen-bond acceptors (Lipinski definition) is 3. The van der Waals surface area contributed by atoms with Gasteiger partial charge in [0.1, 0.15) is 0 Å². The lowest BCUT2D eigenvalue weighted by molar-refractivity contribution is 0.215. The number of imidazole rings is 1. The molecule has 0 aliphatic heterocycles. The molecule has 3 fully saturated rings. The van der Waals surface area contributed by atoms with Crippen LogP contribution in [0, 0.1) is 31.6 Å². The number of aryl methyl sites for hydroxylation is 2. The third-order valence-electron chi connectivity index (χ3n) is 7.54. The highest BCUT2D eigenvalue weighted by molar-refractivity contribution is 7.15. The highest BCUT2D eigenvalue weighted by atomic mass is 32.1. The molecule has 6 rings (SSSR count). The maximum Gasteiger partial charge on any atom is 0.194 e. The second-order valence-corrected chi connectivity index (χ2v) is 11.5. The molecule has 3 aliphatic carbocycles. The third kappa shape index (κ3) is 2.18. The summed E-state index contributed by atoms with van der Waals surface area (Å²) in [6.07, 6.45) is 12.6. The normalized spacial score (nSPS) is 33.2. The average molecular weight is 383 g/mol. The summed E-state index contributed by atoms with van der Waals surface area (Å²) in [5, 5.41) is 2.30. The Hall–Kier alpha value is -1.13. The van der Waals surface area contributed by atoms with Crippen LogP contribution in [0.2, 0.25) is 0 Å². The molecule has 0 spiro atoms. The lowest BCUT2D eigenvalue weighted by Gasteiger charge is -2.36. The number of nitrogens with zero attached hydrogens (tertiary/aromatic N) is 2. The number of hydrogen-bond donors (Lipinski definition) is 0. The molecule has 4 heteroatoms. The minimum atomic E-state index is 0.390. The van der Waals surface area contributed by atoms with Crippen molar-refractivity contribution in [2.24, 2.45) is 17.8 Å². The predicted molar refractivity (Wildman–Crippen MR) is 110 cm³/mol.